The number of H-pyrrole nitrogens is 1. The van der Waals surface area contributed by atoms with Gasteiger partial charge in [-0.25, -0.2) is 4.79 Å². The van der Waals surface area contributed by atoms with E-state index in [1.165, 1.54) is 6.07 Å². The van der Waals surface area contributed by atoms with Gasteiger partial charge in [0.2, 0.25) is 0 Å². The van der Waals surface area contributed by atoms with E-state index in [0.717, 1.165) is 16.7 Å². The van der Waals surface area contributed by atoms with Crippen LogP contribution in [-0.4, -0.2) is 31.5 Å². The zero-order valence-electron chi connectivity index (χ0n) is 17.8. The molecule has 0 spiro atoms. The third-order valence-electron chi connectivity index (χ3n) is 4.72. The first-order valence-corrected chi connectivity index (χ1v) is 10.0. The molecule has 0 atom stereocenters. The summed E-state index contributed by atoms with van der Waals surface area (Å²) < 4.78 is 12.1. The van der Waals surface area contributed by atoms with E-state index in [9.17, 15) is 9.59 Å². The van der Waals surface area contributed by atoms with Crippen LogP contribution in [0, 0.1) is 6.92 Å². The molecule has 0 fully saturated rings. The minimum absolute atomic E-state index is 0.00652. The van der Waals surface area contributed by atoms with Crippen molar-refractivity contribution in [2.45, 2.75) is 33.2 Å². The van der Waals surface area contributed by atoms with Crippen LogP contribution < -0.4 is 15.6 Å². The monoisotopic (exact) mass is 434 g/mol. The molecule has 0 saturated heterocycles. The second kappa shape index (κ2) is 8.88. The van der Waals surface area contributed by atoms with Crippen LogP contribution in [0.4, 0.5) is 4.79 Å². The molecule has 2 heterocycles. The van der Waals surface area contributed by atoms with Crippen molar-refractivity contribution >= 4 is 6.09 Å². The van der Waals surface area contributed by atoms with Gasteiger partial charge in [0.25, 0.3) is 5.56 Å². The highest BCUT2D eigenvalue weighted by atomic mass is 16.6. The van der Waals surface area contributed by atoms with Crippen LogP contribution in [0.2, 0.25) is 0 Å². The summed E-state index contributed by atoms with van der Waals surface area (Å²) in [6, 6.07) is 14.7. The molecule has 32 heavy (non-hydrogen) atoms. The van der Waals surface area contributed by atoms with Gasteiger partial charge in [-0.15, -0.1) is 5.10 Å². The molecule has 0 radical (unpaired) electrons. The van der Waals surface area contributed by atoms with Crippen LogP contribution >= 0.6 is 0 Å². The number of benzene rings is 2. The largest absolute Gasteiger partial charge is 0.412 e. The number of amides is 1. The lowest BCUT2D eigenvalue weighted by Crippen LogP contribution is -2.26. The molecular weight excluding hydrogens is 412 g/mol. The van der Waals surface area contributed by atoms with E-state index in [-0.39, 0.29) is 23.8 Å². The summed E-state index contributed by atoms with van der Waals surface area (Å²) in [7, 11) is 0. The molecule has 1 amide bonds. The van der Waals surface area contributed by atoms with E-state index >= 15 is 0 Å². The maximum absolute atomic E-state index is 12.3. The summed E-state index contributed by atoms with van der Waals surface area (Å²) >= 11 is 0. The third-order valence-corrected chi connectivity index (χ3v) is 4.72. The van der Waals surface area contributed by atoms with E-state index in [1.807, 2.05) is 51.1 Å². The van der Waals surface area contributed by atoms with Crippen LogP contribution in [0.3, 0.4) is 0 Å². The van der Waals surface area contributed by atoms with E-state index < -0.39 is 6.09 Å². The lowest BCUT2D eigenvalue weighted by molar-refractivity contribution is 0.198. The molecule has 0 aliphatic rings. The first-order chi connectivity index (χ1) is 15.4. The van der Waals surface area contributed by atoms with Crippen molar-refractivity contribution in [2.24, 2.45) is 0 Å². The average molecular weight is 434 g/mol. The molecule has 0 aliphatic heterocycles. The number of ether oxygens (including phenoxy) is 1. The molecule has 0 aliphatic carbocycles. The van der Waals surface area contributed by atoms with Gasteiger partial charge in [-0.2, -0.15) is 9.84 Å². The normalized spacial score (nSPS) is 11.0. The summed E-state index contributed by atoms with van der Waals surface area (Å²) in [5, 5.41) is 16.7. The van der Waals surface area contributed by atoms with Crippen LogP contribution in [-0.2, 0) is 6.54 Å². The van der Waals surface area contributed by atoms with Crippen LogP contribution in [0.25, 0.3) is 16.8 Å². The Kier molecular flexibility index (Phi) is 5.84. The number of tetrazole rings is 1. The van der Waals surface area contributed by atoms with E-state index in [4.69, 9.17) is 9.26 Å². The number of nitrogens with zero attached hydrogens (tertiary/aromatic N) is 4. The number of aromatic nitrogens is 5. The lowest BCUT2D eigenvalue weighted by Gasteiger charge is -2.13. The van der Waals surface area contributed by atoms with Crippen LogP contribution in [0.5, 0.6) is 5.75 Å². The average Bonchev–Trinajstić information content (AvgIpc) is 3.42. The molecule has 4 rings (SSSR count). The summed E-state index contributed by atoms with van der Waals surface area (Å²) in [5.74, 6) is 1.38. The van der Waals surface area contributed by atoms with E-state index in [0.29, 0.717) is 17.3 Å². The highest BCUT2D eigenvalue weighted by Crippen LogP contribution is 2.29. The topological polar surface area (TPSA) is 128 Å². The Labute approximate surface area is 183 Å². The first-order valence-electron chi connectivity index (χ1n) is 10.0. The number of aryl methyl sites for hydroxylation is 1. The molecule has 0 bridgehead atoms. The molecule has 10 heteroatoms. The predicted molar refractivity (Wildman–Crippen MR) is 116 cm³/mol. The van der Waals surface area contributed by atoms with Gasteiger partial charge in [-0.1, -0.05) is 43.7 Å². The Morgan fingerprint density at radius 2 is 1.94 bits per heavy atom. The number of hydrogen-bond acceptors (Lipinski definition) is 7. The van der Waals surface area contributed by atoms with Gasteiger partial charge in [0.05, 0.1) is 12.2 Å². The van der Waals surface area contributed by atoms with E-state index in [2.05, 4.69) is 26.0 Å². The highest BCUT2D eigenvalue weighted by molar-refractivity contribution is 5.73. The van der Waals surface area contributed by atoms with Crippen molar-refractivity contribution in [3.05, 3.63) is 76.0 Å². The molecule has 10 nitrogen and oxygen atoms in total. The third kappa shape index (κ3) is 4.75. The summed E-state index contributed by atoms with van der Waals surface area (Å²) in [6.07, 6.45) is -0.693. The Morgan fingerprint density at radius 3 is 2.62 bits per heavy atom. The van der Waals surface area contributed by atoms with Gasteiger partial charge in [0, 0.05) is 18.1 Å². The zero-order chi connectivity index (χ0) is 22.7. The highest BCUT2D eigenvalue weighted by Gasteiger charge is 2.16. The van der Waals surface area contributed by atoms with Crippen molar-refractivity contribution in [3.8, 4) is 22.6 Å². The number of carbonyl (C=O) groups is 1. The summed E-state index contributed by atoms with van der Waals surface area (Å²) in [6.45, 7) is 6.01. The Hall–Kier alpha value is -4.21. The summed E-state index contributed by atoms with van der Waals surface area (Å²) in [4.78, 5) is 23.5. The SMILES string of the molecule is Cc1ccc(-c2cc(OC(=O)NCc3cc(=O)[nH]o3)cc(-n3nnnc3C(C)C)c2)cc1. The minimum atomic E-state index is -0.693. The van der Waals surface area contributed by atoms with Gasteiger partial charge in [-0.3, -0.25) is 4.79 Å². The van der Waals surface area contributed by atoms with Crippen molar-refractivity contribution in [1.29, 1.82) is 0 Å². The lowest BCUT2D eigenvalue weighted by atomic mass is 10.0. The number of rotatable bonds is 6. The first kappa shape index (κ1) is 21.0. The fraction of sp³-hybridized carbons (Fsp3) is 0.227. The number of carbonyl (C=O) groups excluding carboxylic acids is 1. The number of aromatic amines is 1. The second-order valence-electron chi connectivity index (χ2n) is 7.61. The minimum Gasteiger partial charge on any atom is -0.410 e. The van der Waals surface area contributed by atoms with Gasteiger partial charge in [-0.05, 0) is 40.6 Å². The smallest absolute Gasteiger partial charge is 0.410 e. The molecule has 164 valence electrons. The van der Waals surface area contributed by atoms with Crippen molar-refractivity contribution < 1.29 is 14.1 Å². The predicted octanol–water partition coefficient (Wildman–Crippen LogP) is 3.33. The Balaban J connectivity index is 1.65. The molecule has 0 unspecified atom stereocenters. The summed E-state index contributed by atoms with van der Waals surface area (Å²) in [5.41, 5.74) is 3.21. The maximum atomic E-state index is 12.3. The molecule has 0 saturated carbocycles. The Morgan fingerprint density at radius 1 is 1.16 bits per heavy atom. The molecular formula is C22H22N6O4. The van der Waals surface area contributed by atoms with Crippen molar-refractivity contribution in [2.75, 3.05) is 0 Å². The van der Waals surface area contributed by atoms with Gasteiger partial charge in [0.1, 0.15) is 5.75 Å². The van der Waals surface area contributed by atoms with Gasteiger partial charge < -0.3 is 14.6 Å². The fourth-order valence-corrected chi connectivity index (χ4v) is 3.13. The molecule has 2 aromatic carbocycles. The quantitative estimate of drug-likeness (QED) is 0.476. The molecule has 4 aromatic rings. The number of nitrogens with one attached hydrogen (secondary N) is 2. The van der Waals surface area contributed by atoms with Crippen LogP contribution in [0.15, 0.2) is 57.8 Å². The zero-order valence-corrected chi connectivity index (χ0v) is 17.8. The van der Waals surface area contributed by atoms with E-state index in [1.54, 1.807) is 16.8 Å². The van der Waals surface area contributed by atoms with Crippen molar-refractivity contribution in [3.63, 3.8) is 0 Å². The second-order valence-corrected chi connectivity index (χ2v) is 7.61. The standard InChI is InChI=1S/C22H22N6O4/c1-13(2)21-24-26-27-28(21)17-8-16(15-6-4-14(3)5-7-15)9-18(10-17)31-22(30)23-12-19-11-20(29)25-32-19/h4-11,13H,12H2,1-3H3,(H,23,30)(H,25,29). The van der Waals surface area contributed by atoms with Gasteiger partial charge >= 0.3 is 6.09 Å². The maximum Gasteiger partial charge on any atom is 0.412 e. The fourth-order valence-electron chi connectivity index (χ4n) is 3.13. The van der Waals surface area contributed by atoms with Crippen LogP contribution in [0.1, 0.15) is 36.9 Å². The number of hydrogen-bond donors (Lipinski definition) is 2. The molecule has 2 aromatic heterocycles. The van der Waals surface area contributed by atoms with Gasteiger partial charge in [0.15, 0.2) is 11.6 Å². The van der Waals surface area contributed by atoms with Crippen molar-refractivity contribution in [1.82, 2.24) is 30.7 Å². The molecule has 2 N–H and O–H groups in total. The Bertz CT molecular complexity index is 1290.